The molecule has 0 aliphatic carbocycles. The number of amides is 1. The number of carbonyl (C=O) groups excluding carboxylic acids is 1. The van der Waals surface area contributed by atoms with E-state index in [-0.39, 0.29) is 10.8 Å². The summed E-state index contributed by atoms with van der Waals surface area (Å²) in [7, 11) is -3.55. The van der Waals surface area contributed by atoms with Crippen LogP contribution in [0.15, 0.2) is 70.6 Å². The summed E-state index contributed by atoms with van der Waals surface area (Å²) in [4.78, 5) is 18.3. The van der Waals surface area contributed by atoms with Gasteiger partial charge in [0, 0.05) is 30.6 Å². The smallest absolute Gasteiger partial charge is 0.279 e. The van der Waals surface area contributed by atoms with Crippen LogP contribution in [0.4, 0.5) is 0 Å². The molecule has 1 saturated heterocycles. The van der Waals surface area contributed by atoms with Crippen molar-refractivity contribution in [2.75, 3.05) is 13.1 Å². The zero-order chi connectivity index (χ0) is 23.9. The van der Waals surface area contributed by atoms with Crippen LogP contribution in [-0.2, 0) is 16.6 Å². The molecule has 1 aliphatic rings. The van der Waals surface area contributed by atoms with E-state index < -0.39 is 10.0 Å². The largest absolute Gasteiger partial charge is 0.317 e. The summed E-state index contributed by atoms with van der Waals surface area (Å²) in [5.74, 6) is 0.166. The van der Waals surface area contributed by atoms with Gasteiger partial charge in [-0.15, -0.1) is 0 Å². The maximum atomic E-state index is 13.0. The van der Waals surface area contributed by atoms with Crippen LogP contribution in [-0.4, -0.2) is 36.3 Å². The van der Waals surface area contributed by atoms with Gasteiger partial charge >= 0.3 is 0 Å². The van der Waals surface area contributed by atoms with Crippen LogP contribution in [0, 0.1) is 5.92 Å². The number of rotatable bonds is 4. The summed E-state index contributed by atoms with van der Waals surface area (Å²) >= 11 is 1.50. The van der Waals surface area contributed by atoms with Crippen LogP contribution in [0.25, 0.3) is 21.0 Å². The number of hydrogen-bond donors (Lipinski definition) is 0. The number of aromatic nitrogens is 1. The standard InChI is InChI=1S/C26H27N3O3S2/c1-3-29-23-13-10-19-6-4-5-7-22(19)24(23)33-26(29)27-25(30)20-8-11-21(12-9-20)34(31,32)28-16-14-18(2)15-17-28/h4-13,18H,3,14-17H2,1-2H3. The molecule has 8 heteroatoms. The van der Waals surface area contributed by atoms with Crippen molar-refractivity contribution >= 4 is 48.3 Å². The van der Waals surface area contributed by atoms with Gasteiger partial charge in [0.05, 0.1) is 15.1 Å². The third-order valence-corrected chi connectivity index (χ3v) is 9.61. The Bertz CT molecular complexity index is 1540. The number of nitrogens with zero attached hydrogens (tertiary/aromatic N) is 3. The fourth-order valence-electron chi connectivity index (χ4n) is 4.48. The zero-order valence-electron chi connectivity index (χ0n) is 19.3. The minimum Gasteiger partial charge on any atom is -0.317 e. The van der Waals surface area contributed by atoms with Crippen LogP contribution in [0.2, 0.25) is 0 Å². The summed E-state index contributed by atoms with van der Waals surface area (Å²) in [6, 6.07) is 18.5. The van der Waals surface area contributed by atoms with E-state index >= 15 is 0 Å². The molecule has 34 heavy (non-hydrogen) atoms. The molecule has 5 rings (SSSR count). The second-order valence-electron chi connectivity index (χ2n) is 8.79. The highest BCUT2D eigenvalue weighted by molar-refractivity contribution is 7.89. The van der Waals surface area contributed by atoms with Gasteiger partial charge in [0.15, 0.2) is 4.80 Å². The number of piperidine rings is 1. The van der Waals surface area contributed by atoms with Crippen molar-refractivity contribution in [2.45, 2.75) is 38.1 Å². The Balaban J connectivity index is 1.47. The molecular weight excluding hydrogens is 466 g/mol. The van der Waals surface area contributed by atoms with E-state index in [1.165, 1.54) is 23.5 Å². The van der Waals surface area contributed by atoms with E-state index in [9.17, 15) is 13.2 Å². The fraction of sp³-hybridized carbons (Fsp3) is 0.308. The van der Waals surface area contributed by atoms with Crippen LogP contribution in [0.3, 0.4) is 0 Å². The highest BCUT2D eigenvalue weighted by Gasteiger charge is 2.28. The van der Waals surface area contributed by atoms with Crippen LogP contribution >= 0.6 is 11.3 Å². The van der Waals surface area contributed by atoms with Gasteiger partial charge in [-0.05, 0) is 61.4 Å². The van der Waals surface area contributed by atoms with E-state index in [2.05, 4.69) is 36.2 Å². The number of fused-ring (bicyclic) bond motifs is 3. The Labute approximate surface area is 203 Å². The van der Waals surface area contributed by atoms with Crippen molar-refractivity contribution < 1.29 is 13.2 Å². The molecule has 0 unspecified atom stereocenters. The lowest BCUT2D eigenvalue weighted by molar-refractivity contribution is 0.0997. The zero-order valence-corrected chi connectivity index (χ0v) is 20.9. The molecule has 0 radical (unpaired) electrons. The molecule has 4 aromatic rings. The molecule has 176 valence electrons. The first kappa shape index (κ1) is 23.0. The Morgan fingerprint density at radius 1 is 1.03 bits per heavy atom. The Hall–Kier alpha value is -2.81. The lowest BCUT2D eigenvalue weighted by Gasteiger charge is -2.29. The van der Waals surface area contributed by atoms with Crippen LogP contribution in [0.1, 0.15) is 37.0 Å². The lowest BCUT2D eigenvalue weighted by Crippen LogP contribution is -2.37. The van der Waals surface area contributed by atoms with E-state index in [1.807, 2.05) is 23.6 Å². The van der Waals surface area contributed by atoms with Gasteiger partial charge in [-0.25, -0.2) is 8.42 Å². The molecule has 1 fully saturated rings. The quantitative estimate of drug-likeness (QED) is 0.400. The molecule has 2 heterocycles. The van der Waals surface area contributed by atoms with Gasteiger partial charge in [-0.1, -0.05) is 48.6 Å². The van der Waals surface area contributed by atoms with Crippen molar-refractivity contribution in [3.8, 4) is 0 Å². The summed E-state index contributed by atoms with van der Waals surface area (Å²) in [5, 5.41) is 2.29. The minimum atomic E-state index is -3.55. The van der Waals surface area contributed by atoms with Gasteiger partial charge in [0.2, 0.25) is 10.0 Å². The van der Waals surface area contributed by atoms with Gasteiger partial charge in [0.25, 0.3) is 5.91 Å². The van der Waals surface area contributed by atoms with Gasteiger partial charge in [0.1, 0.15) is 0 Å². The van der Waals surface area contributed by atoms with Crippen molar-refractivity contribution in [3.05, 3.63) is 71.0 Å². The van der Waals surface area contributed by atoms with E-state index in [0.29, 0.717) is 35.9 Å². The van der Waals surface area contributed by atoms with Crippen molar-refractivity contribution in [3.63, 3.8) is 0 Å². The summed E-state index contributed by atoms with van der Waals surface area (Å²) in [6.45, 7) is 5.95. The average Bonchev–Trinajstić information content (AvgIpc) is 3.21. The second-order valence-corrected chi connectivity index (χ2v) is 11.7. The van der Waals surface area contributed by atoms with E-state index in [1.54, 1.807) is 16.4 Å². The minimum absolute atomic E-state index is 0.218. The molecule has 6 nitrogen and oxygen atoms in total. The molecular formula is C26H27N3O3S2. The highest BCUT2D eigenvalue weighted by Crippen LogP contribution is 2.28. The summed E-state index contributed by atoms with van der Waals surface area (Å²) < 4.78 is 30.6. The maximum absolute atomic E-state index is 13.0. The van der Waals surface area contributed by atoms with Gasteiger partial charge in [-0.3, -0.25) is 4.79 Å². The van der Waals surface area contributed by atoms with Crippen molar-refractivity contribution in [1.82, 2.24) is 8.87 Å². The lowest BCUT2D eigenvalue weighted by atomic mass is 10.0. The van der Waals surface area contributed by atoms with Gasteiger partial charge in [-0.2, -0.15) is 9.30 Å². The van der Waals surface area contributed by atoms with Crippen molar-refractivity contribution in [1.29, 1.82) is 0 Å². The first-order valence-electron chi connectivity index (χ1n) is 11.6. The molecule has 1 aromatic heterocycles. The second kappa shape index (κ2) is 9.09. The molecule has 1 amide bonds. The first-order chi connectivity index (χ1) is 16.4. The number of carbonyl (C=O) groups is 1. The summed E-state index contributed by atoms with van der Waals surface area (Å²) in [5.41, 5.74) is 1.42. The molecule has 0 saturated carbocycles. The Morgan fingerprint density at radius 2 is 1.74 bits per heavy atom. The van der Waals surface area contributed by atoms with E-state index in [4.69, 9.17) is 0 Å². The predicted octanol–water partition coefficient (Wildman–Crippen LogP) is 5.04. The molecule has 0 bridgehead atoms. The number of sulfonamides is 1. The highest BCUT2D eigenvalue weighted by atomic mass is 32.2. The number of aryl methyl sites for hydroxylation is 1. The number of thiazole rings is 1. The summed E-state index contributed by atoms with van der Waals surface area (Å²) in [6.07, 6.45) is 1.74. The fourth-order valence-corrected chi connectivity index (χ4v) is 7.18. The topological polar surface area (TPSA) is 71.7 Å². The van der Waals surface area contributed by atoms with E-state index in [0.717, 1.165) is 33.8 Å². The molecule has 3 aromatic carbocycles. The normalized spacial score (nSPS) is 16.5. The van der Waals surface area contributed by atoms with Gasteiger partial charge < -0.3 is 4.57 Å². The molecule has 0 atom stereocenters. The van der Waals surface area contributed by atoms with Crippen LogP contribution < -0.4 is 4.80 Å². The average molecular weight is 494 g/mol. The Morgan fingerprint density at radius 3 is 2.44 bits per heavy atom. The Kier molecular flexibility index (Phi) is 6.14. The molecule has 1 aliphatic heterocycles. The number of benzene rings is 3. The predicted molar refractivity (Wildman–Crippen MR) is 136 cm³/mol. The SMILES string of the molecule is CCn1c(=NC(=O)c2ccc(S(=O)(=O)N3CCC(C)CC3)cc2)sc2c3ccccc3ccc21. The first-order valence-corrected chi connectivity index (χ1v) is 13.8. The van der Waals surface area contributed by atoms with Crippen LogP contribution in [0.5, 0.6) is 0 Å². The third kappa shape index (κ3) is 4.10. The maximum Gasteiger partial charge on any atom is 0.279 e. The monoisotopic (exact) mass is 493 g/mol. The molecule has 0 spiro atoms. The number of hydrogen-bond acceptors (Lipinski definition) is 4. The molecule has 0 N–H and O–H groups in total. The van der Waals surface area contributed by atoms with Crippen molar-refractivity contribution in [2.24, 2.45) is 10.9 Å². The third-order valence-electron chi connectivity index (χ3n) is 6.57.